The second-order valence-electron chi connectivity index (χ2n) is 4.06. The van der Waals surface area contributed by atoms with Crippen LogP contribution in [0.3, 0.4) is 0 Å². The van der Waals surface area contributed by atoms with Crippen molar-refractivity contribution in [1.29, 1.82) is 0 Å². The van der Waals surface area contributed by atoms with E-state index in [4.69, 9.17) is 0 Å². The average Bonchev–Trinajstić information content (AvgIpc) is 2.74. The Balaban J connectivity index is 2.12. The Morgan fingerprint density at radius 1 is 1.56 bits per heavy atom. The zero-order valence-corrected chi connectivity index (χ0v) is 12.6. The number of hydrogen-bond acceptors (Lipinski definition) is 3. The lowest BCUT2D eigenvalue weighted by Crippen LogP contribution is -2.27. The van der Waals surface area contributed by atoms with E-state index in [1.54, 1.807) is 29.5 Å². The quantitative estimate of drug-likeness (QED) is 0.865. The van der Waals surface area contributed by atoms with Crippen LogP contribution in [0.15, 0.2) is 34.2 Å². The molecule has 0 N–H and O–H groups in total. The maximum absolute atomic E-state index is 12.2. The van der Waals surface area contributed by atoms with E-state index in [-0.39, 0.29) is 5.91 Å². The van der Waals surface area contributed by atoms with Crippen molar-refractivity contribution in [1.82, 2.24) is 9.88 Å². The third-order valence-corrected chi connectivity index (χ3v) is 4.26. The molecule has 0 atom stereocenters. The molecular weight excluding hydrogens is 312 g/mol. The maximum atomic E-state index is 12.2. The normalized spacial score (nSPS) is 10.4. The van der Waals surface area contributed by atoms with Gasteiger partial charge in [-0.15, -0.1) is 11.3 Å². The average molecular weight is 325 g/mol. The topological polar surface area (TPSA) is 33.2 Å². The summed E-state index contributed by atoms with van der Waals surface area (Å²) in [4.78, 5) is 19.2. The SMILES string of the molecule is Cc1cccnc1C(=O)N(C)Cc1cc(Br)cs1. The van der Waals surface area contributed by atoms with Crippen molar-refractivity contribution in [3.8, 4) is 0 Å². The molecule has 1 amide bonds. The van der Waals surface area contributed by atoms with E-state index < -0.39 is 0 Å². The fraction of sp³-hybridized carbons (Fsp3) is 0.231. The summed E-state index contributed by atoms with van der Waals surface area (Å²) >= 11 is 5.04. The molecule has 3 nitrogen and oxygen atoms in total. The van der Waals surface area contributed by atoms with Crippen LogP contribution in [0.4, 0.5) is 0 Å². The Morgan fingerprint density at radius 3 is 2.94 bits per heavy atom. The van der Waals surface area contributed by atoms with Crippen LogP contribution in [0, 0.1) is 6.92 Å². The minimum atomic E-state index is -0.0439. The van der Waals surface area contributed by atoms with Crippen molar-refractivity contribution < 1.29 is 4.79 Å². The lowest BCUT2D eigenvalue weighted by atomic mass is 10.2. The smallest absolute Gasteiger partial charge is 0.272 e. The highest BCUT2D eigenvalue weighted by molar-refractivity contribution is 9.10. The number of carbonyl (C=O) groups is 1. The van der Waals surface area contributed by atoms with Crippen LogP contribution in [0.2, 0.25) is 0 Å². The molecule has 2 aromatic heterocycles. The molecule has 0 aromatic carbocycles. The molecule has 0 radical (unpaired) electrons. The molecule has 0 spiro atoms. The van der Waals surface area contributed by atoms with E-state index in [2.05, 4.69) is 20.9 Å². The number of amides is 1. The first-order valence-electron chi connectivity index (χ1n) is 5.48. The summed E-state index contributed by atoms with van der Waals surface area (Å²) in [6.07, 6.45) is 1.65. The lowest BCUT2D eigenvalue weighted by Gasteiger charge is -2.16. The van der Waals surface area contributed by atoms with Gasteiger partial charge >= 0.3 is 0 Å². The standard InChI is InChI=1S/C13H13BrN2OS/c1-9-4-3-5-15-12(9)13(17)16(2)7-11-6-10(14)8-18-11/h3-6,8H,7H2,1-2H3. The van der Waals surface area contributed by atoms with Gasteiger partial charge in [-0.2, -0.15) is 0 Å². The molecule has 2 aromatic rings. The van der Waals surface area contributed by atoms with Crippen LogP contribution in [0.5, 0.6) is 0 Å². The highest BCUT2D eigenvalue weighted by Crippen LogP contribution is 2.21. The molecule has 5 heteroatoms. The molecule has 2 heterocycles. The van der Waals surface area contributed by atoms with Crippen molar-refractivity contribution >= 4 is 33.2 Å². The monoisotopic (exact) mass is 324 g/mol. The number of nitrogens with zero attached hydrogens (tertiary/aromatic N) is 2. The third-order valence-electron chi connectivity index (χ3n) is 2.57. The second kappa shape index (κ2) is 5.63. The minimum absolute atomic E-state index is 0.0439. The third kappa shape index (κ3) is 2.97. The van der Waals surface area contributed by atoms with E-state index >= 15 is 0 Å². The van der Waals surface area contributed by atoms with Crippen LogP contribution < -0.4 is 0 Å². The Labute approximate surface area is 119 Å². The summed E-state index contributed by atoms with van der Waals surface area (Å²) in [5.41, 5.74) is 1.43. The van der Waals surface area contributed by atoms with Crippen LogP contribution in [0.25, 0.3) is 0 Å². The predicted octanol–water partition coefficient (Wildman–Crippen LogP) is 3.49. The number of carbonyl (C=O) groups excluding carboxylic acids is 1. The number of aryl methyl sites for hydroxylation is 1. The summed E-state index contributed by atoms with van der Waals surface area (Å²) < 4.78 is 1.05. The van der Waals surface area contributed by atoms with Gasteiger partial charge in [-0.25, -0.2) is 0 Å². The van der Waals surface area contributed by atoms with Crippen molar-refractivity contribution in [3.05, 3.63) is 50.4 Å². The molecule has 0 aliphatic rings. The molecule has 0 fully saturated rings. The molecule has 0 unspecified atom stereocenters. The fourth-order valence-electron chi connectivity index (χ4n) is 1.63. The van der Waals surface area contributed by atoms with Gasteiger partial charge in [0.05, 0.1) is 6.54 Å². The Morgan fingerprint density at radius 2 is 2.33 bits per heavy atom. The van der Waals surface area contributed by atoms with E-state index in [0.29, 0.717) is 12.2 Å². The Kier molecular flexibility index (Phi) is 4.14. The highest BCUT2D eigenvalue weighted by atomic mass is 79.9. The Bertz CT molecular complexity index is 568. The largest absolute Gasteiger partial charge is 0.335 e. The van der Waals surface area contributed by atoms with Gasteiger partial charge in [-0.3, -0.25) is 9.78 Å². The van der Waals surface area contributed by atoms with Gasteiger partial charge in [-0.05, 0) is 40.5 Å². The van der Waals surface area contributed by atoms with Crippen LogP contribution in [0.1, 0.15) is 20.9 Å². The number of pyridine rings is 1. The molecule has 0 saturated heterocycles. The van der Waals surface area contributed by atoms with Crippen LogP contribution in [-0.4, -0.2) is 22.8 Å². The molecule has 94 valence electrons. The predicted molar refractivity (Wildman–Crippen MR) is 76.8 cm³/mol. The summed E-state index contributed by atoms with van der Waals surface area (Å²) in [6, 6.07) is 5.76. The first-order valence-corrected chi connectivity index (χ1v) is 7.15. The van der Waals surface area contributed by atoms with Crippen molar-refractivity contribution in [2.75, 3.05) is 7.05 Å². The van der Waals surface area contributed by atoms with Crippen molar-refractivity contribution in [3.63, 3.8) is 0 Å². The second-order valence-corrected chi connectivity index (χ2v) is 5.97. The summed E-state index contributed by atoms with van der Waals surface area (Å²) in [5, 5.41) is 2.01. The van der Waals surface area contributed by atoms with E-state index in [9.17, 15) is 4.79 Å². The molecule has 2 rings (SSSR count). The zero-order valence-electron chi connectivity index (χ0n) is 10.2. The van der Waals surface area contributed by atoms with Gasteiger partial charge in [-0.1, -0.05) is 6.07 Å². The molecule has 0 aliphatic carbocycles. The van der Waals surface area contributed by atoms with Crippen LogP contribution >= 0.6 is 27.3 Å². The number of hydrogen-bond donors (Lipinski definition) is 0. The molecular formula is C13H13BrN2OS. The number of rotatable bonds is 3. The van der Waals surface area contributed by atoms with E-state index in [0.717, 1.165) is 14.9 Å². The van der Waals surface area contributed by atoms with Gasteiger partial charge in [0.2, 0.25) is 0 Å². The summed E-state index contributed by atoms with van der Waals surface area (Å²) in [5.74, 6) is -0.0439. The maximum Gasteiger partial charge on any atom is 0.272 e. The van der Waals surface area contributed by atoms with Crippen molar-refractivity contribution in [2.45, 2.75) is 13.5 Å². The van der Waals surface area contributed by atoms with Gasteiger partial charge < -0.3 is 4.90 Å². The molecule has 0 aliphatic heterocycles. The fourth-order valence-corrected chi connectivity index (χ4v) is 3.14. The molecule has 0 bridgehead atoms. The van der Waals surface area contributed by atoms with Gasteiger partial charge in [0.25, 0.3) is 5.91 Å². The van der Waals surface area contributed by atoms with Crippen molar-refractivity contribution in [2.24, 2.45) is 0 Å². The number of thiophene rings is 1. The first kappa shape index (κ1) is 13.2. The van der Waals surface area contributed by atoms with Gasteiger partial charge in [0.1, 0.15) is 5.69 Å². The highest BCUT2D eigenvalue weighted by Gasteiger charge is 2.15. The zero-order chi connectivity index (χ0) is 13.1. The van der Waals surface area contributed by atoms with Crippen LogP contribution in [-0.2, 0) is 6.54 Å². The molecule has 0 saturated carbocycles. The summed E-state index contributed by atoms with van der Waals surface area (Å²) in [6.45, 7) is 2.50. The van der Waals surface area contributed by atoms with E-state index in [1.807, 2.05) is 30.5 Å². The Hall–Kier alpha value is -1.20. The van der Waals surface area contributed by atoms with E-state index in [1.165, 1.54) is 0 Å². The number of halogens is 1. The lowest BCUT2D eigenvalue weighted by molar-refractivity contribution is 0.0780. The minimum Gasteiger partial charge on any atom is -0.335 e. The van der Waals surface area contributed by atoms with Gasteiger partial charge in [0.15, 0.2) is 0 Å². The first-order chi connectivity index (χ1) is 8.58. The number of aromatic nitrogens is 1. The molecule has 18 heavy (non-hydrogen) atoms. The van der Waals surface area contributed by atoms with Gasteiger partial charge in [0, 0.05) is 28.0 Å². The summed E-state index contributed by atoms with van der Waals surface area (Å²) in [7, 11) is 1.80.